The van der Waals surface area contributed by atoms with Crippen LogP contribution in [0, 0.1) is 5.92 Å². The molecule has 1 atom stereocenters. The molecule has 0 aromatic rings. The summed E-state index contributed by atoms with van der Waals surface area (Å²) in [5.74, 6) is -1.31. The quantitative estimate of drug-likeness (QED) is 0.591. The van der Waals surface area contributed by atoms with E-state index in [0.717, 1.165) is 0 Å². The van der Waals surface area contributed by atoms with Crippen molar-refractivity contribution in [2.75, 3.05) is 6.54 Å². The van der Waals surface area contributed by atoms with Crippen LogP contribution in [-0.2, 0) is 15.0 Å². The van der Waals surface area contributed by atoms with Crippen molar-refractivity contribution in [3.05, 3.63) is 0 Å². The summed E-state index contributed by atoms with van der Waals surface area (Å²) in [6.45, 7) is 7.09. The summed E-state index contributed by atoms with van der Waals surface area (Å²) in [7, 11) is -3.50. The second-order valence-electron chi connectivity index (χ2n) is 5.13. The Hall–Kier alpha value is -0.660. The lowest BCUT2D eigenvalue weighted by molar-refractivity contribution is -0.141. The van der Waals surface area contributed by atoms with Gasteiger partial charge in [0.05, 0.1) is 5.92 Å². The Morgan fingerprint density at radius 3 is 2.29 bits per heavy atom. The van der Waals surface area contributed by atoms with Gasteiger partial charge in [-0.3, -0.25) is 4.79 Å². The van der Waals surface area contributed by atoms with Crippen molar-refractivity contribution in [1.82, 2.24) is 9.44 Å². The van der Waals surface area contributed by atoms with Crippen molar-refractivity contribution < 1.29 is 18.3 Å². The van der Waals surface area contributed by atoms with Crippen molar-refractivity contribution >= 4 is 16.2 Å². The Labute approximate surface area is 103 Å². The van der Waals surface area contributed by atoms with Gasteiger partial charge in [0.25, 0.3) is 10.2 Å². The molecule has 0 radical (unpaired) electrons. The Morgan fingerprint density at radius 1 is 1.35 bits per heavy atom. The van der Waals surface area contributed by atoms with Gasteiger partial charge in [0.15, 0.2) is 0 Å². The summed E-state index contributed by atoms with van der Waals surface area (Å²) in [5, 5.41) is 8.64. The lowest BCUT2D eigenvalue weighted by Crippen LogP contribution is -2.47. The average molecular weight is 266 g/mol. The molecule has 1 unspecified atom stereocenters. The fraction of sp³-hybridized carbons (Fsp3) is 0.900. The van der Waals surface area contributed by atoms with E-state index in [-0.39, 0.29) is 6.54 Å². The molecular weight excluding hydrogens is 244 g/mol. The lowest BCUT2D eigenvalue weighted by Gasteiger charge is -2.20. The van der Waals surface area contributed by atoms with Gasteiger partial charge in [-0.25, -0.2) is 4.72 Å². The number of rotatable bonds is 7. The van der Waals surface area contributed by atoms with E-state index in [1.165, 1.54) is 0 Å². The molecule has 0 fully saturated rings. The van der Waals surface area contributed by atoms with Crippen LogP contribution in [0.1, 0.15) is 40.5 Å². The van der Waals surface area contributed by atoms with Crippen LogP contribution in [0.5, 0.6) is 0 Å². The van der Waals surface area contributed by atoms with Crippen molar-refractivity contribution in [1.29, 1.82) is 0 Å². The van der Waals surface area contributed by atoms with E-state index >= 15 is 0 Å². The monoisotopic (exact) mass is 266 g/mol. The molecule has 0 aliphatic rings. The maximum absolute atomic E-state index is 11.5. The van der Waals surface area contributed by atoms with Gasteiger partial charge in [-0.15, -0.1) is 0 Å². The Morgan fingerprint density at radius 2 is 1.88 bits per heavy atom. The highest BCUT2D eigenvalue weighted by molar-refractivity contribution is 7.87. The zero-order valence-electron chi connectivity index (χ0n) is 10.8. The predicted octanol–water partition coefficient (Wildman–Crippen LogP) is 0.710. The first-order valence-electron chi connectivity index (χ1n) is 5.55. The van der Waals surface area contributed by atoms with Crippen molar-refractivity contribution in [2.45, 2.75) is 46.1 Å². The summed E-state index contributed by atoms with van der Waals surface area (Å²) in [4.78, 5) is 10.5. The maximum Gasteiger partial charge on any atom is 0.306 e. The predicted molar refractivity (Wildman–Crippen MR) is 65.8 cm³/mol. The normalized spacial score (nSPS) is 14.6. The highest BCUT2D eigenvalue weighted by Gasteiger charge is 2.19. The number of carbonyl (C=O) groups is 1. The summed E-state index contributed by atoms with van der Waals surface area (Å²) in [6.07, 6.45) is 0.950. The molecule has 6 nitrogen and oxygen atoms in total. The van der Waals surface area contributed by atoms with Crippen LogP contribution >= 0.6 is 0 Å². The molecule has 0 aliphatic heterocycles. The van der Waals surface area contributed by atoms with E-state index < -0.39 is 27.6 Å². The standard InChI is InChI=1S/C10H22N2O4S/c1-8(9(13)14)6-5-7-11-17(15,16)12-10(2,3)4/h8,11-12H,5-7H2,1-4H3,(H,13,14). The first kappa shape index (κ1) is 16.3. The smallest absolute Gasteiger partial charge is 0.306 e. The average Bonchev–Trinajstić information content (AvgIpc) is 2.07. The zero-order chi connectivity index (χ0) is 13.7. The summed E-state index contributed by atoms with van der Waals surface area (Å²) < 4.78 is 27.8. The Kier molecular flexibility index (Phi) is 6.08. The molecule has 0 saturated heterocycles. The minimum Gasteiger partial charge on any atom is -0.481 e. The van der Waals surface area contributed by atoms with E-state index in [2.05, 4.69) is 9.44 Å². The van der Waals surface area contributed by atoms with Crippen LogP contribution < -0.4 is 9.44 Å². The molecule has 0 saturated carbocycles. The van der Waals surface area contributed by atoms with E-state index in [9.17, 15) is 13.2 Å². The first-order chi connectivity index (χ1) is 7.53. The second kappa shape index (κ2) is 6.32. The zero-order valence-corrected chi connectivity index (χ0v) is 11.6. The number of hydrogen-bond acceptors (Lipinski definition) is 3. The topological polar surface area (TPSA) is 95.5 Å². The Bertz CT molecular complexity index is 346. The second-order valence-corrected chi connectivity index (χ2v) is 6.63. The molecule has 0 bridgehead atoms. The molecule has 17 heavy (non-hydrogen) atoms. The third-order valence-electron chi connectivity index (χ3n) is 1.97. The van der Waals surface area contributed by atoms with Crippen LogP contribution in [-0.4, -0.2) is 31.6 Å². The highest BCUT2D eigenvalue weighted by atomic mass is 32.2. The highest BCUT2D eigenvalue weighted by Crippen LogP contribution is 2.05. The molecule has 0 aromatic heterocycles. The van der Waals surface area contributed by atoms with Crippen molar-refractivity contribution in [3.8, 4) is 0 Å². The molecule has 0 spiro atoms. The minimum atomic E-state index is -3.50. The maximum atomic E-state index is 11.5. The van der Waals surface area contributed by atoms with Crippen molar-refractivity contribution in [2.24, 2.45) is 5.92 Å². The largest absolute Gasteiger partial charge is 0.481 e. The lowest BCUT2D eigenvalue weighted by atomic mass is 10.1. The van der Waals surface area contributed by atoms with E-state index in [4.69, 9.17) is 5.11 Å². The van der Waals surface area contributed by atoms with Crippen LogP contribution in [0.15, 0.2) is 0 Å². The van der Waals surface area contributed by atoms with Gasteiger partial charge < -0.3 is 5.11 Å². The molecular formula is C10H22N2O4S. The number of nitrogens with one attached hydrogen (secondary N) is 2. The van der Waals surface area contributed by atoms with Gasteiger partial charge in [-0.05, 0) is 33.6 Å². The molecule has 3 N–H and O–H groups in total. The SMILES string of the molecule is CC(CCCNS(=O)(=O)NC(C)(C)C)C(=O)O. The van der Waals surface area contributed by atoms with Crippen LogP contribution in [0.2, 0.25) is 0 Å². The van der Waals surface area contributed by atoms with Crippen LogP contribution in [0.3, 0.4) is 0 Å². The van der Waals surface area contributed by atoms with Crippen LogP contribution in [0.25, 0.3) is 0 Å². The van der Waals surface area contributed by atoms with E-state index in [1.54, 1.807) is 27.7 Å². The molecule has 0 rings (SSSR count). The van der Waals surface area contributed by atoms with Crippen molar-refractivity contribution in [3.63, 3.8) is 0 Å². The number of carboxylic acids is 1. The van der Waals surface area contributed by atoms with Gasteiger partial charge in [-0.2, -0.15) is 13.1 Å². The summed E-state index contributed by atoms with van der Waals surface area (Å²) in [6, 6.07) is 0. The molecule has 7 heteroatoms. The third-order valence-corrected chi connectivity index (χ3v) is 3.43. The number of carboxylic acid groups (broad SMARTS) is 1. The van der Waals surface area contributed by atoms with E-state index in [1.807, 2.05) is 0 Å². The molecule has 102 valence electrons. The van der Waals surface area contributed by atoms with Gasteiger partial charge in [-0.1, -0.05) is 6.92 Å². The van der Waals surface area contributed by atoms with E-state index in [0.29, 0.717) is 12.8 Å². The molecule has 0 aliphatic carbocycles. The van der Waals surface area contributed by atoms with Gasteiger partial charge >= 0.3 is 5.97 Å². The van der Waals surface area contributed by atoms with Crippen LogP contribution in [0.4, 0.5) is 0 Å². The number of aliphatic carboxylic acids is 1. The fourth-order valence-electron chi connectivity index (χ4n) is 1.18. The van der Waals surface area contributed by atoms with Gasteiger partial charge in [0.1, 0.15) is 0 Å². The number of hydrogen-bond donors (Lipinski definition) is 3. The molecule has 0 heterocycles. The van der Waals surface area contributed by atoms with Gasteiger partial charge in [0, 0.05) is 12.1 Å². The fourth-order valence-corrected chi connectivity index (χ4v) is 2.47. The Balaban J connectivity index is 3.93. The summed E-state index contributed by atoms with van der Waals surface area (Å²) >= 11 is 0. The first-order valence-corrected chi connectivity index (χ1v) is 7.03. The third kappa shape index (κ3) is 9.08. The molecule has 0 aromatic carbocycles. The summed E-state index contributed by atoms with van der Waals surface area (Å²) in [5.41, 5.74) is -0.528. The minimum absolute atomic E-state index is 0.239. The van der Waals surface area contributed by atoms with Gasteiger partial charge in [0.2, 0.25) is 0 Å². The molecule has 0 amide bonds.